The number of hydrogen-bond donors (Lipinski definition) is 1. The molecule has 0 aliphatic heterocycles. The van der Waals surface area contributed by atoms with Crippen LogP contribution in [0.5, 0.6) is 0 Å². The molecule has 6 heteroatoms. The van der Waals surface area contributed by atoms with Crippen molar-refractivity contribution in [3.05, 3.63) is 121 Å². The van der Waals surface area contributed by atoms with Crippen LogP contribution >= 0.6 is 11.8 Å². The summed E-state index contributed by atoms with van der Waals surface area (Å²) in [7, 11) is 0. The Morgan fingerprint density at radius 3 is 2.09 bits per heavy atom. The van der Waals surface area contributed by atoms with E-state index in [1.54, 1.807) is 12.1 Å². The Balaban J connectivity index is 1.56. The SMILES string of the molecule is O=C(CSc1nc(-c2ccccc2)c(-c2ccccc2)n1-c1ccccc1)Nc1cccc(F)c1. The van der Waals surface area contributed by atoms with Gasteiger partial charge in [-0.05, 0) is 30.3 Å². The van der Waals surface area contributed by atoms with Crippen LogP contribution in [0.4, 0.5) is 10.1 Å². The van der Waals surface area contributed by atoms with Gasteiger partial charge in [-0.3, -0.25) is 9.36 Å². The molecule has 0 aliphatic carbocycles. The topological polar surface area (TPSA) is 46.9 Å². The number of halogens is 1. The van der Waals surface area contributed by atoms with Crippen molar-refractivity contribution >= 4 is 23.4 Å². The molecule has 0 unspecified atom stereocenters. The fourth-order valence-electron chi connectivity index (χ4n) is 3.87. The molecule has 0 spiro atoms. The number of para-hydroxylation sites is 1. The first-order valence-electron chi connectivity index (χ1n) is 11.2. The van der Waals surface area contributed by atoms with Gasteiger partial charge in [0.05, 0.1) is 17.1 Å². The molecule has 1 heterocycles. The summed E-state index contributed by atoms with van der Waals surface area (Å²) in [5, 5.41) is 3.46. The van der Waals surface area contributed by atoms with Gasteiger partial charge in [0.15, 0.2) is 5.16 Å². The van der Waals surface area contributed by atoms with Gasteiger partial charge < -0.3 is 5.32 Å². The summed E-state index contributed by atoms with van der Waals surface area (Å²) in [6.07, 6.45) is 0. The Kier molecular flexibility index (Phi) is 6.73. The van der Waals surface area contributed by atoms with E-state index in [1.165, 1.54) is 23.9 Å². The summed E-state index contributed by atoms with van der Waals surface area (Å²) in [5.41, 5.74) is 5.20. The van der Waals surface area contributed by atoms with Crippen molar-refractivity contribution < 1.29 is 9.18 Å². The lowest BCUT2D eigenvalue weighted by atomic mass is 10.0. The molecule has 4 nitrogen and oxygen atoms in total. The van der Waals surface area contributed by atoms with Gasteiger partial charge >= 0.3 is 0 Å². The number of nitrogens with one attached hydrogen (secondary N) is 1. The van der Waals surface area contributed by atoms with Crippen LogP contribution in [0.3, 0.4) is 0 Å². The van der Waals surface area contributed by atoms with Gasteiger partial charge in [-0.1, -0.05) is 96.7 Å². The number of carbonyl (C=O) groups is 1. The van der Waals surface area contributed by atoms with E-state index in [2.05, 4.69) is 22.0 Å². The molecule has 0 bridgehead atoms. The normalized spacial score (nSPS) is 10.8. The van der Waals surface area contributed by atoms with E-state index in [0.717, 1.165) is 28.2 Å². The third-order valence-electron chi connectivity index (χ3n) is 5.40. The first kappa shape index (κ1) is 22.6. The van der Waals surface area contributed by atoms with E-state index in [4.69, 9.17) is 4.98 Å². The van der Waals surface area contributed by atoms with Crippen LogP contribution < -0.4 is 5.32 Å². The summed E-state index contributed by atoms with van der Waals surface area (Å²) in [6.45, 7) is 0. The van der Waals surface area contributed by atoms with Crippen LogP contribution in [0.15, 0.2) is 120 Å². The van der Waals surface area contributed by atoms with E-state index in [-0.39, 0.29) is 11.7 Å². The first-order chi connectivity index (χ1) is 17.2. The molecule has 1 aromatic heterocycles. The molecule has 0 fully saturated rings. The van der Waals surface area contributed by atoms with Gasteiger partial charge in [-0.15, -0.1) is 0 Å². The summed E-state index contributed by atoms with van der Waals surface area (Å²) >= 11 is 1.34. The number of anilines is 1. The zero-order chi connectivity index (χ0) is 24.0. The van der Waals surface area contributed by atoms with E-state index in [0.29, 0.717) is 10.8 Å². The molecule has 0 radical (unpaired) electrons. The monoisotopic (exact) mass is 479 g/mol. The number of rotatable bonds is 7. The Hall–Kier alpha value is -4.16. The van der Waals surface area contributed by atoms with Crippen molar-refractivity contribution in [3.8, 4) is 28.2 Å². The Labute approximate surface area is 207 Å². The van der Waals surface area contributed by atoms with Crippen LogP contribution in [0, 0.1) is 5.82 Å². The van der Waals surface area contributed by atoms with Crippen molar-refractivity contribution in [1.29, 1.82) is 0 Å². The van der Waals surface area contributed by atoms with Gasteiger partial charge in [-0.25, -0.2) is 9.37 Å². The van der Waals surface area contributed by atoms with Crippen LogP contribution in [0.25, 0.3) is 28.2 Å². The van der Waals surface area contributed by atoms with E-state index < -0.39 is 5.82 Å². The van der Waals surface area contributed by atoms with Crippen molar-refractivity contribution in [3.63, 3.8) is 0 Å². The van der Waals surface area contributed by atoms with Crippen LogP contribution in [0.1, 0.15) is 0 Å². The Bertz CT molecular complexity index is 1440. The maximum Gasteiger partial charge on any atom is 0.234 e. The molecular formula is C29H22FN3OS. The lowest BCUT2D eigenvalue weighted by Gasteiger charge is -2.13. The average Bonchev–Trinajstić information content (AvgIpc) is 3.29. The molecule has 0 atom stereocenters. The number of aromatic nitrogens is 2. The van der Waals surface area contributed by atoms with Crippen molar-refractivity contribution in [2.45, 2.75) is 5.16 Å². The highest BCUT2D eigenvalue weighted by molar-refractivity contribution is 7.99. The van der Waals surface area contributed by atoms with E-state index in [9.17, 15) is 9.18 Å². The molecule has 172 valence electrons. The number of hydrogen-bond acceptors (Lipinski definition) is 3. The second-order valence-electron chi connectivity index (χ2n) is 7.84. The van der Waals surface area contributed by atoms with Crippen LogP contribution in [-0.4, -0.2) is 21.2 Å². The number of carbonyl (C=O) groups excluding carboxylic acids is 1. The standard InChI is InChI=1S/C29H22FN3OS/c30-23-15-10-16-24(19-23)31-26(34)20-35-29-32-27(21-11-4-1-5-12-21)28(22-13-6-2-7-14-22)33(29)25-17-8-3-9-18-25/h1-19H,20H2,(H,31,34). The van der Waals surface area contributed by atoms with Crippen LogP contribution in [-0.2, 0) is 4.79 Å². The molecule has 0 saturated carbocycles. The summed E-state index contributed by atoms with van der Waals surface area (Å²) in [6, 6.07) is 36.0. The molecule has 5 aromatic rings. The Morgan fingerprint density at radius 2 is 1.43 bits per heavy atom. The molecule has 5 rings (SSSR count). The molecular weight excluding hydrogens is 457 g/mol. The second kappa shape index (κ2) is 10.4. The number of amides is 1. The third kappa shape index (κ3) is 5.18. The lowest BCUT2D eigenvalue weighted by molar-refractivity contribution is -0.113. The number of benzene rings is 4. The highest BCUT2D eigenvalue weighted by Gasteiger charge is 2.22. The highest BCUT2D eigenvalue weighted by atomic mass is 32.2. The third-order valence-corrected chi connectivity index (χ3v) is 6.33. The molecule has 1 N–H and O–H groups in total. The van der Waals surface area contributed by atoms with Crippen molar-refractivity contribution in [2.75, 3.05) is 11.1 Å². The predicted octanol–water partition coefficient (Wildman–Crippen LogP) is 7.08. The van der Waals surface area contributed by atoms with Crippen molar-refractivity contribution in [2.24, 2.45) is 0 Å². The minimum Gasteiger partial charge on any atom is -0.325 e. The number of imidazole rings is 1. The maximum atomic E-state index is 13.5. The number of thioether (sulfide) groups is 1. The summed E-state index contributed by atoms with van der Waals surface area (Å²) < 4.78 is 15.6. The van der Waals surface area contributed by atoms with Gasteiger partial charge in [0, 0.05) is 22.5 Å². The molecule has 4 aromatic carbocycles. The molecule has 0 aliphatic rings. The average molecular weight is 480 g/mol. The van der Waals surface area contributed by atoms with Gasteiger partial charge in [0.2, 0.25) is 5.91 Å². The van der Waals surface area contributed by atoms with E-state index >= 15 is 0 Å². The zero-order valence-electron chi connectivity index (χ0n) is 18.8. The molecule has 0 saturated heterocycles. The predicted molar refractivity (Wildman–Crippen MR) is 140 cm³/mol. The maximum absolute atomic E-state index is 13.5. The van der Waals surface area contributed by atoms with Gasteiger partial charge in [0.1, 0.15) is 5.82 Å². The van der Waals surface area contributed by atoms with Crippen molar-refractivity contribution in [1.82, 2.24) is 9.55 Å². The minimum absolute atomic E-state index is 0.128. The molecule has 1 amide bonds. The smallest absolute Gasteiger partial charge is 0.234 e. The van der Waals surface area contributed by atoms with Gasteiger partial charge in [0.25, 0.3) is 0 Å². The fourth-order valence-corrected chi connectivity index (χ4v) is 4.68. The van der Waals surface area contributed by atoms with Gasteiger partial charge in [-0.2, -0.15) is 0 Å². The lowest BCUT2D eigenvalue weighted by Crippen LogP contribution is -2.14. The summed E-state index contributed by atoms with van der Waals surface area (Å²) in [4.78, 5) is 17.7. The largest absolute Gasteiger partial charge is 0.325 e. The van der Waals surface area contributed by atoms with Crippen LogP contribution in [0.2, 0.25) is 0 Å². The van der Waals surface area contributed by atoms with E-state index in [1.807, 2.05) is 78.9 Å². The highest BCUT2D eigenvalue weighted by Crippen LogP contribution is 2.38. The zero-order valence-corrected chi connectivity index (χ0v) is 19.6. The second-order valence-corrected chi connectivity index (χ2v) is 8.78. The number of nitrogens with zero attached hydrogens (tertiary/aromatic N) is 2. The first-order valence-corrected chi connectivity index (χ1v) is 12.1. The molecule has 35 heavy (non-hydrogen) atoms. The minimum atomic E-state index is -0.393. The Morgan fingerprint density at radius 1 is 0.800 bits per heavy atom. The fraction of sp³-hybridized carbons (Fsp3) is 0.0345. The quantitative estimate of drug-likeness (QED) is 0.254. The summed E-state index contributed by atoms with van der Waals surface area (Å²) in [5.74, 6) is -0.496.